The molecular formula is C19H19N5OS2. The first-order chi connectivity index (χ1) is 13.1. The van der Waals surface area contributed by atoms with Crippen molar-refractivity contribution >= 4 is 44.2 Å². The van der Waals surface area contributed by atoms with Gasteiger partial charge in [0.1, 0.15) is 16.2 Å². The number of rotatable bonds is 6. The van der Waals surface area contributed by atoms with Crippen molar-refractivity contribution < 1.29 is 0 Å². The summed E-state index contributed by atoms with van der Waals surface area (Å²) in [5.74, 6) is 0. The highest BCUT2D eigenvalue weighted by atomic mass is 32.2. The quantitative estimate of drug-likeness (QED) is 0.366. The van der Waals surface area contributed by atoms with Crippen LogP contribution in [-0.2, 0) is 6.54 Å². The zero-order valence-corrected chi connectivity index (χ0v) is 16.8. The van der Waals surface area contributed by atoms with Gasteiger partial charge < -0.3 is 4.90 Å². The second-order valence-corrected chi connectivity index (χ2v) is 8.30. The first-order valence-electron chi connectivity index (χ1n) is 8.64. The van der Waals surface area contributed by atoms with Gasteiger partial charge in [-0.2, -0.15) is 0 Å². The molecule has 8 heteroatoms. The van der Waals surface area contributed by atoms with Gasteiger partial charge in [0.25, 0.3) is 5.56 Å². The smallest absolute Gasteiger partial charge is 0.262 e. The number of thiophene rings is 1. The van der Waals surface area contributed by atoms with Gasteiger partial charge in [-0.05, 0) is 62.4 Å². The molecule has 138 valence electrons. The Labute approximate surface area is 164 Å². The fraction of sp³-hybridized carbons (Fsp3) is 0.263. The molecule has 1 aromatic carbocycles. The first-order valence-corrected chi connectivity index (χ1v) is 10.3. The zero-order chi connectivity index (χ0) is 18.8. The third-order valence-corrected chi connectivity index (χ3v) is 6.06. The van der Waals surface area contributed by atoms with Gasteiger partial charge in [-0.15, -0.1) is 11.3 Å². The van der Waals surface area contributed by atoms with Crippen molar-refractivity contribution in [1.82, 2.24) is 24.4 Å². The molecule has 0 radical (unpaired) electrons. The molecule has 4 aromatic rings. The first kappa shape index (κ1) is 18.1. The van der Waals surface area contributed by atoms with Crippen molar-refractivity contribution in [2.45, 2.75) is 23.1 Å². The number of fused-ring (bicyclic) bond motifs is 2. The van der Waals surface area contributed by atoms with E-state index in [0.717, 1.165) is 28.2 Å². The van der Waals surface area contributed by atoms with E-state index in [1.165, 1.54) is 11.8 Å². The van der Waals surface area contributed by atoms with Gasteiger partial charge in [-0.25, -0.2) is 15.0 Å². The highest BCUT2D eigenvalue weighted by molar-refractivity contribution is 7.99. The standard InChI is InChI=1S/C19H19N5OS2/c1-23(2)9-5-10-24-18(25)13-6-3-4-7-15(13)22-19(24)27-17-14-8-11-26-16(14)20-12-21-17/h3-4,6-8,11-12H,5,9-10H2,1-2H3. The minimum absolute atomic E-state index is 0.00234. The van der Waals surface area contributed by atoms with Gasteiger partial charge >= 0.3 is 0 Å². The van der Waals surface area contributed by atoms with Crippen LogP contribution in [0.15, 0.2) is 57.0 Å². The Morgan fingerprint density at radius 3 is 2.85 bits per heavy atom. The Hall–Kier alpha value is -2.29. The van der Waals surface area contributed by atoms with Gasteiger partial charge in [-0.1, -0.05) is 12.1 Å². The second kappa shape index (κ2) is 7.75. The van der Waals surface area contributed by atoms with Crippen molar-refractivity contribution in [3.05, 3.63) is 52.4 Å². The lowest BCUT2D eigenvalue weighted by molar-refractivity contribution is 0.379. The van der Waals surface area contributed by atoms with Gasteiger partial charge in [0.2, 0.25) is 0 Å². The number of nitrogens with zero attached hydrogens (tertiary/aromatic N) is 5. The molecule has 27 heavy (non-hydrogen) atoms. The monoisotopic (exact) mass is 397 g/mol. The average Bonchev–Trinajstić information content (AvgIpc) is 3.14. The summed E-state index contributed by atoms with van der Waals surface area (Å²) in [6, 6.07) is 9.51. The molecular weight excluding hydrogens is 378 g/mol. The van der Waals surface area contributed by atoms with Crippen LogP contribution in [0.4, 0.5) is 0 Å². The van der Waals surface area contributed by atoms with Crippen LogP contribution in [-0.4, -0.2) is 45.1 Å². The molecule has 6 nitrogen and oxygen atoms in total. The molecule has 3 heterocycles. The van der Waals surface area contributed by atoms with Crippen LogP contribution >= 0.6 is 23.1 Å². The SMILES string of the molecule is CN(C)CCCn1c(Sc2ncnc3sccc23)nc2ccccc2c1=O. The van der Waals surface area contributed by atoms with Crippen molar-refractivity contribution in [2.24, 2.45) is 0 Å². The van der Waals surface area contributed by atoms with Crippen molar-refractivity contribution in [3.8, 4) is 0 Å². The predicted molar refractivity (Wildman–Crippen MR) is 111 cm³/mol. The van der Waals surface area contributed by atoms with Crippen molar-refractivity contribution in [1.29, 1.82) is 0 Å². The lowest BCUT2D eigenvalue weighted by atomic mass is 10.2. The van der Waals surface area contributed by atoms with Gasteiger partial charge in [0.15, 0.2) is 5.16 Å². The molecule has 0 aliphatic heterocycles. The molecule has 3 aromatic heterocycles. The lowest BCUT2D eigenvalue weighted by Crippen LogP contribution is -2.25. The topological polar surface area (TPSA) is 63.9 Å². The number of benzene rings is 1. The summed E-state index contributed by atoms with van der Waals surface area (Å²) < 4.78 is 1.77. The van der Waals surface area contributed by atoms with Crippen LogP contribution in [0.3, 0.4) is 0 Å². The Morgan fingerprint density at radius 1 is 1.15 bits per heavy atom. The van der Waals surface area contributed by atoms with Crippen LogP contribution in [0.1, 0.15) is 6.42 Å². The summed E-state index contributed by atoms with van der Waals surface area (Å²) in [6.45, 7) is 1.53. The zero-order valence-electron chi connectivity index (χ0n) is 15.1. The highest BCUT2D eigenvalue weighted by Gasteiger charge is 2.15. The molecule has 0 fully saturated rings. The summed E-state index contributed by atoms with van der Waals surface area (Å²) in [7, 11) is 4.07. The van der Waals surface area contributed by atoms with E-state index in [9.17, 15) is 4.79 Å². The summed E-state index contributed by atoms with van der Waals surface area (Å²) >= 11 is 3.01. The second-order valence-electron chi connectivity index (χ2n) is 6.45. The molecule has 0 aliphatic rings. The van der Waals surface area contributed by atoms with E-state index in [-0.39, 0.29) is 5.56 Å². The van der Waals surface area contributed by atoms with Crippen molar-refractivity contribution in [3.63, 3.8) is 0 Å². The maximum Gasteiger partial charge on any atom is 0.262 e. The molecule has 0 unspecified atom stereocenters. The molecule has 0 atom stereocenters. The van der Waals surface area contributed by atoms with Crippen molar-refractivity contribution in [2.75, 3.05) is 20.6 Å². The minimum Gasteiger partial charge on any atom is -0.309 e. The van der Waals surface area contributed by atoms with Crippen LogP contribution in [0, 0.1) is 0 Å². The molecule has 0 bridgehead atoms. The lowest BCUT2D eigenvalue weighted by Gasteiger charge is -2.14. The van der Waals surface area contributed by atoms with Gasteiger partial charge in [0, 0.05) is 11.9 Å². The van der Waals surface area contributed by atoms with Crippen LogP contribution in [0.25, 0.3) is 21.1 Å². The van der Waals surface area contributed by atoms with Gasteiger partial charge in [-0.3, -0.25) is 9.36 Å². The van der Waals surface area contributed by atoms with Gasteiger partial charge in [0.05, 0.1) is 10.9 Å². The van der Waals surface area contributed by atoms with E-state index in [2.05, 4.69) is 14.9 Å². The Morgan fingerprint density at radius 2 is 2.00 bits per heavy atom. The third kappa shape index (κ3) is 3.73. The van der Waals surface area contributed by atoms with Crippen LogP contribution in [0.2, 0.25) is 0 Å². The summed E-state index contributed by atoms with van der Waals surface area (Å²) in [4.78, 5) is 29.7. The summed E-state index contributed by atoms with van der Waals surface area (Å²) in [5, 5.41) is 5.14. The number of para-hydroxylation sites is 1. The maximum atomic E-state index is 13.1. The van der Waals surface area contributed by atoms with E-state index in [1.807, 2.05) is 49.8 Å². The normalized spacial score (nSPS) is 11.7. The molecule has 0 saturated heterocycles. The number of hydrogen-bond acceptors (Lipinski definition) is 7. The van der Waals surface area contributed by atoms with E-state index >= 15 is 0 Å². The fourth-order valence-electron chi connectivity index (χ4n) is 2.90. The molecule has 0 N–H and O–H groups in total. The predicted octanol–water partition coefficient (Wildman–Crippen LogP) is 3.50. The Balaban J connectivity index is 1.80. The highest BCUT2D eigenvalue weighted by Crippen LogP contribution is 2.32. The van der Waals surface area contributed by atoms with Crippen LogP contribution < -0.4 is 5.56 Å². The molecule has 0 saturated carbocycles. The molecule has 0 spiro atoms. The molecule has 4 rings (SSSR count). The molecule has 0 aliphatic carbocycles. The minimum atomic E-state index is -0.00234. The Kier molecular flexibility index (Phi) is 5.20. The fourth-order valence-corrected chi connectivity index (χ4v) is 4.68. The molecule has 0 amide bonds. The average molecular weight is 398 g/mol. The maximum absolute atomic E-state index is 13.1. The van der Waals surface area contributed by atoms with E-state index in [0.29, 0.717) is 22.6 Å². The number of hydrogen-bond donors (Lipinski definition) is 0. The third-order valence-electron chi connectivity index (χ3n) is 4.23. The van der Waals surface area contributed by atoms with E-state index < -0.39 is 0 Å². The van der Waals surface area contributed by atoms with E-state index in [4.69, 9.17) is 4.98 Å². The summed E-state index contributed by atoms with van der Waals surface area (Å²) in [6.07, 6.45) is 2.44. The Bertz CT molecular complexity index is 1150. The van der Waals surface area contributed by atoms with Crippen LogP contribution in [0.5, 0.6) is 0 Å². The largest absolute Gasteiger partial charge is 0.309 e. The summed E-state index contributed by atoms with van der Waals surface area (Å²) in [5.41, 5.74) is 0.710. The number of aromatic nitrogens is 4. The van der Waals surface area contributed by atoms with E-state index in [1.54, 1.807) is 22.2 Å².